The van der Waals surface area contributed by atoms with Crippen LogP contribution in [-0.4, -0.2) is 28.0 Å². The summed E-state index contributed by atoms with van der Waals surface area (Å²) in [5, 5.41) is 22.0. The van der Waals surface area contributed by atoms with Crippen LogP contribution in [0.15, 0.2) is 22.7 Å². The quantitative estimate of drug-likeness (QED) is 0.643. The summed E-state index contributed by atoms with van der Waals surface area (Å²) in [6.07, 6.45) is 3.04. The van der Waals surface area contributed by atoms with Crippen LogP contribution in [0.25, 0.3) is 0 Å². The molecule has 0 spiro atoms. The molecule has 2 aliphatic carbocycles. The fraction of sp³-hybridized carbons (Fsp3) is 0.562. The van der Waals surface area contributed by atoms with Gasteiger partial charge in [0, 0.05) is 20.9 Å². The number of aryl methyl sites for hydroxylation is 1. The Kier molecular flexibility index (Phi) is 4.07. The molecule has 0 saturated heterocycles. The van der Waals surface area contributed by atoms with E-state index in [0.717, 1.165) is 16.5 Å². The molecule has 118 valence electrons. The van der Waals surface area contributed by atoms with Gasteiger partial charge in [-0.25, -0.2) is 0 Å². The highest BCUT2D eigenvalue weighted by Crippen LogP contribution is 2.45. The summed E-state index contributed by atoms with van der Waals surface area (Å²) < 4.78 is 0.812. The molecule has 6 heteroatoms. The van der Waals surface area contributed by atoms with E-state index in [2.05, 4.69) is 15.9 Å². The summed E-state index contributed by atoms with van der Waals surface area (Å²) in [6, 6.07) is 5.57. The fourth-order valence-corrected chi connectivity index (χ4v) is 4.43. The summed E-state index contributed by atoms with van der Waals surface area (Å²) in [5.41, 5.74) is 0.419. The van der Waals surface area contributed by atoms with Crippen LogP contribution in [0.1, 0.15) is 41.6 Å². The van der Waals surface area contributed by atoms with Gasteiger partial charge >= 0.3 is 0 Å². The van der Waals surface area contributed by atoms with Crippen LogP contribution in [0.5, 0.6) is 0 Å². The van der Waals surface area contributed by atoms with Crippen LogP contribution in [-0.2, 0) is 6.42 Å². The van der Waals surface area contributed by atoms with Crippen LogP contribution >= 0.6 is 15.9 Å². The van der Waals surface area contributed by atoms with E-state index >= 15 is 0 Å². The zero-order valence-electron chi connectivity index (χ0n) is 12.1. The Labute approximate surface area is 137 Å². The Morgan fingerprint density at radius 3 is 2.91 bits per heavy atom. The van der Waals surface area contributed by atoms with Gasteiger partial charge in [-0.1, -0.05) is 28.4 Å². The van der Waals surface area contributed by atoms with Gasteiger partial charge in [-0.15, -0.1) is 0 Å². The van der Waals surface area contributed by atoms with E-state index in [9.17, 15) is 20.0 Å². The second-order valence-corrected chi connectivity index (χ2v) is 7.33. The Hall–Kier alpha value is -1.27. The maximum atomic E-state index is 13.0. The average molecular weight is 368 g/mol. The van der Waals surface area contributed by atoms with E-state index in [0.29, 0.717) is 31.2 Å². The third kappa shape index (κ3) is 2.70. The molecule has 1 N–H and O–H groups in total. The lowest BCUT2D eigenvalue weighted by Gasteiger charge is -2.41. The van der Waals surface area contributed by atoms with Crippen molar-refractivity contribution in [2.24, 2.45) is 11.8 Å². The summed E-state index contributed by atoms with van der Waals surface area (Å²) >= 11 is 3.38. The van der Waals surface area contributed by atoms with Gasteiger partial charge in [-0.05, 0) is 43.4 Å². The minimum absolute atomic E-state index is 0.136. The molecule has 0 radical (unpaired) electrons. The van der Waals surface area contributed by atoms with E-state index in [1.165, 1.54) is 0 Å². The Balaban J connectivity index is 2.05. The van der Waals surface area contributed by atoms with E-state index in [1.807, 2.05) is 12.1 Å². The topological polar surface area (TPSA) is 80.4 Å². The highest BCUT2D eigenvalue weighted by molar-refractivity contribution is 9.10. The van der Waals surface area contributed by atoms with Crippen LogP contribution in [0.3, 0.4) is 0 Å². The fourth-order valence-electron chi connectivity index (χ4n) is 4.07. The smallest absolute Gasteiger partial charge is 0.207 e. The van der Waals surface area contributed by atoms with Crippen molar-refractivity contribution < 1.29 is 14.8 Å². The minimum Gasteiger partial charge on any atom is -0.389 e. The lowest BCUT2D eigenvalue weighted by Crippen LogP contribution is -2.50. The van der Waals surface area contributed by atoms with Gasteiger partial charge in [0.2, 0.25) is 6.54 Å². The van der Waals surface area contributed by atoms with Crippen LogP contribution in [0.2, 0.25) is 0 Å². The summed E-state index contributed by atoms with van der Waals surface area (Å²) in [6.45, 7) is -0.248. The van der Waals surface area contributed by atoms with Crippen molar-refractivity contribution in [1.82, 2.24) is 0 Å². The van der Waals surface area contributed by atoms with Gasteiger partial charge in [0.15, 0.2) is 5.78 Å². The Bertz CT molecular complexity index is 633. The predicted molar refractivity (Wildman–Crippen MR) is 84.4 cm³/mol. The number of carbonyl (C=O) groups is 1. The van der Waals surface area contributed by atoms with Crippen molar-refractivity contribution in [3.8, 4) is 0 Å². The number of halogens is 1. The van der Waals surface area contributed by atoms with E-state index in [4.69, 9.17) is 0 Å². The number of benzene rings is 1. The van der Waals surface area contributed by atoms with Gasteiger partial charge in [-0.3, -0.25) is 14.9 Å². The lowest BCUT2D eigenvalue weighted by molar-refractivity contribution is -0.491. The molecule has 0 aromatic heterocycles. The standard InChI is InChI=1S/C16H18BrNO4/c17-12-4-3-10-5-7-16(20)6-1-2-11(9-18(21)22)14(16)15(19)13(10)8-12/h3-4,8,11,14,20H,1-2,5-7,9H2/t11-,14+,16-/m1/s1. The number of nitrogens with zero attached hydrogens (tertiary/aromatic N) is 1. The van der Waals surface area contributed by atoms with Crippen molar-refractivity contribution in [1.29, 1.82) is 0 Å². The summed E-state index contributed by atoms with van der Waals surface area (Å²) in [4.78, 5) is 23.6. The second kappa shape index (κ2) is 5.74. The second-order valence-electron chi connectivity index (χ2n) is 6.41. The van der Waals surface area contributed by atoms with Crippen LogP contribution in [0, 0.1) is 22.0 Å². The number of carbonyl (C=O) groups excluding carboxylic acids is 1. The number of hydrogen-bond donors (Lipinski definition) is 1. The number of ketones is 1. The zero-order chi connectivity index (χ0) is 15.9. The van der Waals surface area contributed by atoms with Gasteiger partial charge in [-0.2, -0.15) is 0 Å². The molecule has 1 saturated carbocycles. The highest BCUT2D eigenvalue weighted by Gasteiger charge is 2.51. The zero-order valence-corrected chi connectivity index (χ0v) is 13.7. The van der Waals surface area contributed by atoms with Crippen molar-refractivity contribution in [2.75, 3.05) is 6.54 Å². The Morgan fingerprint density at radius 2 is 2.18 bits per heavy atom. The van der Waals surface area contributed by atoms with Gasteiger partial charge in [0.1, 0.15) is 0 Å². The van der Waals surface area contributed by atoms with Gasteiger partial charge in [0.25, 0.3) is 0 Å². The molecule has 1 aromatic rings. The molecule has 5 nitrogen and oxygen atoms in total. The third-order valence-corrected chi connectivity index (χ3v) is 5.56. The first-order valence-electron chi connectivity index (χ1n) is 7.57. The molecule has 1 aromatic carbocycles. The summed E-state index contributed by atoms with van der Waals surface area (Å²) in [7, 11) is 0. The molecule has 0 heterocycles. The first kappa shape index (κ1) is 15.6. The number of Topliss-reactive ketones (excluding diaryl/α,β-unsaturated/α-hetero) is 1. The predicted octanol–water partition coefficient (Wildman–Crippen LogP) is 3.00. The van der Waals surface area contributed by atoms with Crippen molar-refractivity contribution >= 4 is 21.7 Å². The first-order chi connectivity index (χ1) is 10.4. The first-order valence-corrected chi connectivity index (χ1v) is 8.37. The van der Waals surface area contributed by atoms with E-state index in [1.54, 1.807) is 6.07 Å². The molecule has 0 aliphatic heterocycles. The van der Waals surface area contributed by atoms with E-state index in [-0.39, 0.29) is 23.2 Å². The summed E-state index contributed by atoms with van der Waals surface area (Å²) in [5.74, 6) is -1.18. The van der Waals surface area contributed by atoms with Gasteiger partial charge in [0.05, 0.1) is 11.5 Å². The normalized spacial score (nSPS) is 31.1. The molecule has 1 fully saturated rings. The molecule has 0 unspecified atom stereocenters. The number of rotatable bonds is 2. The third-order valence-electron chi connectivity index (χ3n) is 5.07. The average Bonchev–Trinajstić information content (AvgIpc) is 2.55. The monoisotopic (exact) mass is 367 g/mol. The van der Waals surface area contributed by atoms with E-state index < -0.39 is 11.5 Å². The van der Waals surface area contributed by atoms with Gasteiger partial charge < -0.3 is 5.11 Å². The maximum Gasteiger partial charge on any atom is 0.207 e. The molecule has 0 amide bonds. The lowest BCUT2D eigenvalue weighted by atomic mass is 9.66. The molecule has 3 rings (SSSR count). The molecule has 3 atom stereocenters. The van der Waals surface area contributed by atoms with Crippen molar-refractivity contribution in [3.63, 3.8) is 0 Å². The number of fused-ring (bicyclic) bond motifs is 2. The largest absolute Gasteiger partial charge is 0.389 e. The number of aliphatic hydroxyl groups is 1. The molecular formula is C16H18BrNO4. The molecule has 22 heavy (non-hydrogen) atoms. The molecular weight excluding hydrogens is 350 g/mol. The van der Waals surface area contributed by atoms with Crippen LogP contribution in [0.4, 0.5) is 0 Å². The molecule has 0 bridgehead atoms. The minimum atomic E-state index is -1.11. The SMILES string of the molecule is O=C1c2cc(Br)ccc2CC[C@]2(O)CCC[C@H](C[N+](=O)[O-])[C@@H]12. The number of hydrogen-bond acceptors (Lipinski definition) is 4. The number of nitro groups is 1. The Morgan fingerprint density at radius 1 is 1.41 bits per heavy atom. The van der Waals surface area contributed by atoms with Crippen LogP contribution < -0.4 is 0 Å². The van der Waals surface area contributed by atoms with Crippen molar-refractivity contribution in [2.45, 2.75) is 37.7 Å². The van der Waals surface area contributed by atoms with Crippen molar-refractivity contribution in [3.05, 3.63) is 43.9 Å². The molecule has 2 aliphatic rings. The highest BCUT2D eigenvalue weighted by atomic mass is 79.9. The maximum absolute atomic E-state index is 13.0.